The molecule has 1 aromatic carbocycles. The van der Waals surface area contributed by atoms with Crippen molar-refractivity contribution in [2.45, 2.75) is 58.0 Å². The second-order valence-corrected chi connectivity index (χ2v) is 9.99. The quantitative estimate of drug-likeness (QED) is 0.385. The summed E-state index contributed by atoms with van der Waals surface area (Å²) in [5.41, 5.74) is 7.75. The van der Waals surface area contributed by atoms with Crippen molar-refractivity contribution < 1.29 is 18.9 Å². The Bertz CT molecular complexity index is 1270. The van der Waals surface area contributed by atoms with Gasteiger partial charge in [0.1, 0.15) is 5.82 Å². The molecule has 5 rings (SSSR count). The number of aryl methyl sites for hydroxylation is 1. The van der Waals surface area contributed by atoms with E-state index in [1.165, 1.54) is 5.56 Å². The molecule has 0 radical (unpaired) electrons. The Kier molecular flexibility index (Phi) is 8.72. The normalized spacial score (nSPS) is 20.6. The van der Waals surface area contributed by atoms with E-state index in [1.54, 1.807) is 14.2 Å². The Morgan fingerprint density at radius 2 is 1.95 bits per heavy atom. The van der Waals surface area contributed by atoms with Gasteiger partial charge in [-0.25, -0.2) is 4.98 Å². The highest BCUT2D eigenvalue weighted by Gasteiger charge is 2.33. The smallest absolute Gasteiger partial charge is 0.175 e. The van der Waals surface area contributed by atoms with Gasteiger partial charge >= 0.3 is 0 Å². The first-order valence-corrected chi connectivity index (χ1v) is 13.8. The van der Waals surface area contributed by atoms with Gasteiger partial charge in [-0.15, -0.1) is 5.73 Å². The molecule has 1 aliphatic carbocycles. The van der Waals surface area contributed by atoms with Crippen LogP contribution in [0.1, 0.15) is 37.4 Å². The number of hydrogen-bond acceptors (Lipinski definition) is 6. The SMILES string of the molecule is CCc1ccccc1-c1nc(Cl)c(CN2CCCCC2C2=C=CC=CC(OC)=C2OC)n1CC1OCCO1. The van der Waals surface area contributed by atoms with E-state index in [0.29, 0.717) is 37.2 Å². The van der Waals surface area contributed by atoms with Gasteiger partial charge in [0.15, 0.2) is 23.0 Å². The van der Waals surface area contributed by atoms with Gasteiger partial charge in [0.2, 0.25) is 0 Å². The van der Waals surface area contributed by atoms with Crippen molar-refractivity contribution in [2.24, 2.45) is 0 Å². The molecular formula is C30H36ClN3O4. The van der Waals surface area contributed by atoms with Crippen LogP contribution in [0.15, 0.2) is 65.3 Å². The molecule has 7 nitrogen and oxygen atoms in total. The molecule has 1 atom stereocenters. The highest BCUT2D eigenvalue weighted by molar-refractivity contribution is 6.30. The fourth-order valence-electron chi connectivity index (χ4n) is 5.58. The van der Waals surface area contributed by atoms with Crippen molar-refractivity contribution in [1.29, 1.82) is 0 Å². The van der Waals surface area contributed by atoms with E-state index < -0.39 is 0 Å². The molecule has 202 valence electrons. The summed E-state index contributed by atoms with van der Waals surface area (Å²) in [6, 6.07) is 8.49. The van der Waals surface area contributed by atoms with Gasteiger partial charge in [-0.05, 0) is 43.5 Å². The third kappa shape index (κ3) is 5.49. The number of aromatic nitrogens is 2. The van der Waals surface area contributed by atoms with E-state index in [-0.39, 0.29) is 12.3 Å². The van der Waals surface area contributed by atoms with E-state index in [2.05, 4.69) is 46.4 Å². The van der Waals surface area contributed by atoms with Crippen LogP contribution in [0.3, 0.4) is 0 Å². The molecule has 1 unspecified atom stereocenters. The minimum Gasteiger partial charge on any atom is -0.493 e. The van der Waals surface area contributed by atoms with Crippen LogP contribution in [0.5, 0.6) is 0 Å². The molecule has 0 bridgehead atoms. The molecule has 0 saturated carbocycles. The van der Waals surface area contributed by atoms with E-state index in [4.69, 9.17) is 35.5 Å². The highest BCUT2D eigenvalue weighted by Crippen LogP contribution is 2.35. The lowest BCUT2D eigenvalue weighted by Crippen LogP contribution is -2.41. The maximum absolute atomic E-state index is 6.93. The Labute approximate surface area is 230 Å². The van der Waals surface area contributed by atoms with Crippen LogP contribution in [0.25, 0.3) is 11.4 Å². The van der Waals surface area contributed by atoms with Gasteiger partial charge in [0.05, 0.1) is 45.2 Å². The maximum Gasteiger partial charge on any atom is 0.175 e. The summed E-state index contributed by atoms with van der Waals surface area (Å²) < 4.78 is 25.4. The zero-order valence-electron chi connectivity index (χ0n) is 22.4. The highest BCUT2D eigenvalue weighted by atomic mass is 35.5. The largest absolute Gasteiger partial charge is 0.493 e. The van der Waals surface area contributed by atoms with Crippen molar-refractivity contribution in [3.63, 3.8) is 0 Å². The third-order valence-corrected chi connectivity index (χ3v) is 7.76. The minimum atomic E-state index is -0.324. The molecule has 1 aromatic heterocycles. The molecule has 2 aromatic rings. The second kappa shape index (κ2) is 12.4. The molecule has 3 heterocycles. The molecule has 2 fully saturated rings. The Hall–Kier alpha value is -2.80. The first-order valence-electron chi connectivity index (χ1n) is 13.4. The van der Waals surface area contributed by atoms with Gasteiger partial charge in [-0.1, -0.05) is 55.3 Å². The molecule has 0 amide bonds. The summed E-state index contributed by atoms with van der Waals surface area (Å²) in [7, 11) is 3.36. The topological polar surface area (TPSA) is 58.0 Å². The molecule has 2 aliphatic heterocycles. The first kappa shape index (κ1) is 26.8. The fourth-order valence-corrected chi connectivity index (χ4v) is 5.83. The number of nitrogens with zero attached hydrogens (tertiary/aromatic N) is 3. The summed E-state index contributed by atoms with van der Waals surface area (Å²) in [6.45, 7) is 5.45. The van der Waals surface area contributed by atoms with Crippen molar-refractivity contribution >= 4 is 11.6 Å². The minimum absolute atomic E-state index is 0.102. The predicted molar refractivity (Wildman–Crippen MR) is 148 cm³/mol. The van der Waals surface area contributed by atoms with E-state index in [0.717, 1.165) is 60.6 Å². The number of ether oxygens (including phenoxy) is 4. The van der Waals surface area contributed by atoms with E-state index in [1.807, 2.05) is 18.2 Å². The standard InChI is InChI=1S/C30H36ClN3O4/c1-4-21-11-5-6-12-22(21)30-32-29(31)25(34(30)20-27-37-17-18-38-27)19-33-16-10-9-14-24(33)23-13-7-8-15-26(35-2)28(23)36-3/h5-8,11-12,15,24,27H,4,9-10,14,16-20H2,1-3H3. The number of rotatable bonds is 9. The number of benzene rings is 1. The van der Waals surface area contributed by atoms with Gasteiger partial charge in [0.25, 0.3) is 0 Å². The van der Waals surface area contributed by atoms with Crippen molar-refractivity contribution in [3.8, 4) is 11.4 Å². The van der Waals surface area contributed by atoms with Crippen molar-refractivity contribution in [2.75, 3.05) is 34.0 Å². The van der Waals surface area contributed by atoms with Crippen LogP contribution in [-0.2, 0) is 38.5 Å². The van der Waals surface area contributed by atoms with Gasteiger partial charge in [-0.2, -0.15) is 0 Å². The van der Waals surface area contributed by atoms with Gasteiger partial charge in [0, 0.05) is 18.2 Å². The molecule has 38 heavy (non-hydrogen) atoms. The molecule has 0 spiro atoms. The van der Waals surface area contributed by atoms with Crippen LogP contribution >= 0.6 is 11.6 Å². The molecule has 2 saturated heterocycles. The fraction of sp³-hybridized carbons (Fsp3) is 0.467. The molecule has 0 N–H and O–H groups in total. The number of allylic oxidation sites excluding steroid dienone is 2. The molecule has 3 aliphatic rings. The Morgan fingerprint density at radius 1 is 1.13 bits per heavy atom. The monoisotopic (exact) mass is 537 g/mol. The van der Waals surface area contributed by atoms with E-state index in [9.17, 15) is 0 Å². The Balaban J connectivity index is 1.54. The average molecular weight is 538 g/mol. The average Bonchev–Trinajstić information content (AvgIpc) is 3.51. The van der Waals surface area contributed by atoms with Gasteiger partial charge in [-0.3, -0.25) is 4.90 Å². The summed E-state index contributed by atoms with van der Waals surface area (Å²) in [6.07, 6.45) is 9.59. The van der Waals surface area contributed by atoms with Crippen LogP contribution in [0, 0.1) is 0 Å². The van der Waals surface area contributed by atoms with Gasteiger partial charge < -0.3 is 23.5 Å². The van der Waals surface area contributed by atoms with Crippen molar-refractivity contribution in [3.05, 3.63) is 81.7 Å². The van der Waals surface area contributed by atoms with E-state index >= 15 is 0 Å². The summed E-state index contributed by atoms with van der Waals surface area (Å²) in [5, 5.41) is 0.514. The van der Waals surface area contributed by atoms with Crippen LogP contribution in [0.2, 0.25) is 5.15 Å². The number of likely N-dealkylation sites (tertiary alicyclic amines) is 1. The first-order chi connectivity index (χ1) is 18.6. The lowest BCUT2D eigenvalue weighted by Gasteiger charge is -2.37. The van der Waals surface area contributed by atoms with Crippen molar-refractivity contribution in [1.82, 2.24) is 14.5 Å². The van der Waals surface area contributed by atoms with Crippen LogP contribution in [-0.4, -0.2) is 60.8 Å². The van der Waals surface area contributed by atoms with Crippen LogP contribution in [0.4, 0.5) is 0 Å². The number of halogens is 1. The number of methoxy groups -OCH3 is 2. The zero-order chi connectivity index (χ0) is 26.5. The Morgan fingerprint density at radius 3 is 2.71 bits per heavy atom. The molecular weight excluding hydrogens is 502 g/mol. The zero-order valence-corrected chi connectivity index (χ0v) is 23.2. The second-order valence-electron chi connectivity index (χ2n) is 9.63. The number of imidazole rings is 1. The lowest BCUT2D eigenvalue weighted by atomic mass is 9.93. The van der Waals surface area contributed by atoms with Crippen LogP contribution < -0.4 is 0 Å². The summed E-state index contributed by atoms with van der Waals surface area (Å²) in [4.78, 5) is 7.36. The summed E-state index contributed by atoms with van der Waals surface area (Å²) >= 11 is 6.93. The maximum atomic E-state index is 6.93. The predicted octanol–water partition coefficient (Wildman–Crippen LogP) is 5.65. The lowest BCUT2D eigenvalue weighted by molar-refractivity contribution is -0.0529. The number of piperidine rings is 1. The number of hydrogen-bond donors (Lipinski definition) is 0. The third-order valence-electron chi connectivity index (χ3n) is 7.46. The molecule has 8 heteroatoms. The summed E-state index contributed by atoms with van der Waals surface area (Å²) in [5.74, 6) is 2.28.